The second kappa shape index (κ2) is 13.7. The van der Waals surface area contributed by atoms with Crippen LogP contribution < -0.4 is 10.6 Å². The Morgan fingerprint density at radius 3 is 2.47 bits per heavy atom. The number of aromatic nitrogens is 3. The Kier molecular flexibility index (Phi) is 9.88. The number of anilines is 1. The molecule has 1 aromatic heterocycles. The van der Waals surface area contributed by atoms with Gasteiger partial charge in [-0.05, 0) is 75.2 Å². The molecule has 0 aliphatic heterocycles. The minimum absolute atomic E-state index is 0.0130. The largest absolute Gasteiger partial charge is 0.462 e. The summed E-state index contributed by atoms with van der Waals surface area (Å²) in [6.07, 6.45) is 0. The Labute approximate surface area is 252 Å². The first-order valence-corrected chi connectivity index (χ1v) is 14.3. The van der Waals surface area contributed by atoms with Crippen molar-refractivity contribution in [3.05, 3.63) is 104 Å². The molecule has 222 valence electrons. The number of nitro groups is 1. The molecule has 0 fully saturated rings. The zero-order valence-electron chi connectivity index (χ0n) is 24.0. The van der Waals surface area contributed by atoms with Gasteiger partial charge in [0.05, 0.1) is 35.1 Å². The van der Waals surface area contributed by atoms with Crippen LogP contribution in [0.5, 0.6) is 0 Å². The average Bonchev–Trinajstić information content (AvgIpc) is 3.39. The van der Waals surface area contributed by atoms with Gasteiger partial charge in [-0.15, -0.1) is 10.2 Å². The van der Waals surface area contributed by atoms with Crippen LogP contribution in [0.2, 0.25) is 0 Å². The minimum Gasteiger partial charge on any atom is -0.462 e. The Morgan fingerprint density at radius 2 is 1.77 bits per heavy atom. The van der Waals surface area contributed by atoms with Crippen LogP contribution in [0.4, 0.5) is 11.4 Å². The predicted octanol–water partition coefficient (Wildman–Crippen LogP) is 4.94. The van der Waals surface area contributed by atoms with Crippen molar-refractivity contribution in [3.8, 4) is 5.69 Å². The van der Waals surface area contributed by atoms with E-state index in [1.165, 1.54) is 36.9 Å². The maximum absolute atomic E-state index is 13.0. The maximum Gasteiger partial charge on any atom is 0.338 e. The van der Waals surface area contributed by atoms with Gasteiger partial charge in [-0.1, -0.05) is 30.0 Å². The van der Waals surface area contributed by atoms with Crippen molar-refractivity contribution in [1.29, 1.82) is 0 Å². The lowest BCUT2D eigenvalue weighted by molar-refractivity contribution is -0.385. The molecule has 1 heterocycles. The second-order valence-electron chi connectivity index (χ2n) is 9.55. The smallest absolute Gasteiger partial charge is 0.338 e. The number of benzene rings is 3. The van der Waals surface area contributed by atoms with Crippen LogP contribution in [0, 0.1) is 30.9 Å². The van der Waals surface area contributed by atoms with Gasteiger partial charge in [0.2, 0.25) is 5.91 Å². The molecule has 12 nitrogen and oxygen atoms in total. The summed E-state index contributed by atoms with van der Waals surface area (Å²) in [7, 11) is 0. The van der Waals surface area contributed by atoms with Gasteiger partial charge in [0.15, 0.2) is 11.0 Å². The third-order valence-corrected chi connectivity index (χ3v) is 7.40. The van der Waals surface area contributed by atoms with Gasteiger partial charge in [0, 0.05) is 22.9 Å². The van der Waals surface area contributed by atoms with Gasteiger partial charge in [-0.3, -0.25) is 24.3 Å². The number of rotatable bonds is 11. The number of ether oxygens (including phenoxy) is 1. The third-order valence-electron chi connectivity index (χ3n) is 6.47. The van der Waals surface area contributed by atoms with Gasteiger partial charge in [0.25, 0.3) is 11.6 Å². The molecular formula is C30H30N6O6S. The van der Waals surface area contributed by atoms with Gasteiger partial charge in [-0.25, -0.2) is 4.79 Å². The molecule has 4 rings (SSSR count). The lowest BCUT2D eigenvalue weighted by Crippen LogP contribution is -2.25. The molecule has 0 spiro atoms. The highest BCUT2D eigenvalue weighted by atomic mass is 32.2. The number of nitrogens with zero attached hydrogens (tertiary/aromatic N) is 4. The van der Waals surface area contributed by atoms with E-state index in [2.05, 4.69) is 20.8 Å². The number of aryl methyl sites for hydroxylation is 2. The SMILES string of the molecule is CCOC(=O)c1ccc(NC(=O)CSc2nnc(CNC(=O)c3cccc([N+](=O)[O-])c3C)n2-c2cc(C)ccc2C)cc1. The molecule has 2 amide bonds. The van der Waals surface area contributed by atoms with Gasteiger partial charge >= 0.3 is 5.97 Å². The molecule has 0 saturated heterocycles. The van der Waals surface area contributed by atoms with E-state index in [9.17, 15) is 24.5 Å². The topological polar surface area (TPSA) is 158 Å². The van der Waals surface area contributed by atoms with Crippen molar-refractivity contribution in [1.82, 2.24) is 20.1 Å². The van der Waals surface area contributed by atoms with Gasteiger partial charge in [0.1, 0.15) is 0 Å². The summed E-state index contributed by atoms with van der Waals surface area (Å²) >= 11 is 1.17. The van der Waals surface area contributed by atoms with Gasteiger partial charge < -0.3 is 15.4 Å². The van der Waals surface area contributed by atoms with Crippen LogP contribution >= 0.6 is 11.8 Å². The maximum atomic E-state index is 13.0. The number of carbonyl (C=O) groups is 3. The Balaban J connectivity index is 1.51. The third kappa shape index (κ3) is 7.43. The number of thioether (sulfide) groups is 1. The van der Waals surface area contributed by atoms with Crippen LogP contribution in [-0.2, 0) is 16.1 Å². The number of nitro benzene ring substituents is 1. The predicted molar refractivity (Wildman–Crippen MR) is 162 cm³/mol. The van der Waals surface area contributed by atoms with Crippen LogP contribution in [-0.4, -0.2) is 49.8 Å². The molecule has 4 aromatic rings. The van der Waals surface area contributed by atoms with Crippen molar-refractivity contribution >= 4 is 40.9 Å². The molecule has 0 atom stereocenters. The van der Waals surface area contributed by atoms with E-state index < -0.39 is 16.8 Å². The fraction of sp³-hybridized carbons (Fsp3) is 0.233. The second-order valence-corrected chi connectivity index (χ2v) is 10.5. The first kappa shape index (κ1) is 30.9. The van der Waals surface area contributed by atoms with E-state index in [-0.39, 0.29) is 41.6 Å². The number of esters is 1. The van der Waals surface area contributed by atoms with E-state index >= 15 is 0 Å². The van der Waals surface area contributed by atoms with E-state index in [1.807, 2.05) is 32.0 Å². The summed E-state index contributed by atoms with van der Waals surface area (Å²) < 4.78 is 6.77. The molecule has 0 saturated carbocycles. The number of amides is 2. The van der Waals surface area contributed by atoms with Crippen molar-refractivity contribution in [2.45, 2.75) is 39.4 Å². The summed E-state index contributed by atoms with van der Waals surface area (Å²) in [6.45, 7) is 7.40. The van der Waals surface area contributed by atoms with Crippen molar-refractivity contribution < 1.29 is 24.0 Å². The summed E-state index contributed by atoms with van der Waals surface area (Å²) in [5, 5.41) is 25.9. The van der Waals surface area contributed by atoms with Crippen LogP contribution in [0.25, 0.3) is 5.69 Å². The van der Waals surface area contributed by atoms with Crippen molar-refractivity contribution in [3.63, 3.8) is 0 Å². The zero-order valence-corrected chi connectivity index (χ0v) is 24.9. The molecule has 0 unspecified atom stereocenters. The number of nitrogens with one attached hydrogen (secondary N) is 2. The zero-order chi connectivity index (χ0) is 31.1. The lowest BCUT2D eigenvalue weighted by Gasteiger charge is -2.14. The van der Waals surface area contributed by atoms with Gasteiger partial charge in [-0.2, -0.15) is 0 Å². The first-order chi connectivity index (χ1) is 20.6. The molecular weight excluding hydrogens is 572 g/mol. The standard InChI is InChI=1S/C30H30N6O6S/c1-5-42-29(39)21-11-13-22(14-12-21)32-27(37)17-43-30-34-33-26(35(30)25-15-18(2)9-10-19(25)3)16-31-28(38)23-7-6-8-24(20(23)4)36(40)41/h6-15H,5,16-17H2,1-4H3,(H,31,38)(H,32,37). The number of carbonyl (C=O) groups excluding carboxylic acids is 3. The van der Waals surface area contributed by atoms with Crippen LogP contribution in [0.3, 0.4) is 0 Å². The fourth-order valence-electron chi connectivity index (χ4n) is 4.26. The first-order valence-electron chi connectivity index (χ1n) is 13.3. The van der Waals surface area contributed by atoms with E-state index in [1.54, 1.807) is 35.8 Å². The van der Waals surface area contributed by atoms with E-state index in [0.29, 0.717) is 22.2 Å². The molecule has 43 heavy (non-hydrogen) atoms. The summed E-state index contributed by atoms with van der Waals surface area (Å²) in [6, 6.07) is 16.6. The normalized spacial score (nSPS) is 10.7. The van der Waals surface area contributed by atoms with Crippen LogP contribution in [0.15, 0.2) is 65.8 Å². The summed E-state index contributed by atoms with van der Waals surface area (Å²) in [5.41, 5.74) is 3.94. The van der Waals surface area contributed by atoms with E-state index in [4.69, 9.17) is 4.74 Å². The minimum atomic E-state index is -0.526. The highest BCUT2D eigenvalue weighted by Gasteiger charge is 2.21. The number of hydrogen-bond donors (Lipinski definition) is 2. The summed E-state index contributed by atoms with van der Waals surface area (Å²) in [5.74, 6) is -0.779. The molecule has 0 bridgehead atoms. The fourth-order valence-corrected chi connectivity index (χ4v) is 5.03. The summed E-state index contributed by atoms with van der Waals surface area (Å²) in [4.78, 5) is 48.4. The molecule has 3 aromatic carbocycles. The van der Waals surface area contributed by atoms with Crippen molar-refractivity contribution in [2.75, 3.05) is 17.7 Å². The highest BCUT2D eigenvalue weighted by Crippen LogP contribution is 2.26. The molecule has 2 N–H and O–H groups in total. The highest BCUT2D eigenvalue weighted by molar-refractivity contribution is 7.99. The molecule has 0 aliphatic rings. The Bertz CT molecular complexity index is 1690. The molecule has 13 heteroatoms. The van der Waals surface area contributed by atoms with E-state index in [0.717, 1.165) is 16.8 Å². The van der Waals surface area contributed by atoms with Crippen LogP contribution in [0.1, 0.15) is 50.2 Å². The molecule has 0 aliphatic carbocycles. The molecule has 0 radical (unpaired) electrons. The quantitative estimate of drug-likeness (QED) is 0.105. The lowest BCUT2D eigenvalue weighted by atomic mass is 10.1. The Hall–Kier alpha value is -5.04. The van der Waals surface area contributed by atoms with Crippen molar-refractivity contribution in [2.24, 2.45) is 0 Å². The Morgan fingerprint density at radius 1 is 1.02 bits per heavy atom. The average molecular weight is 603 g/mol. The monoisotopic (exact) mass is 602 g/mol. The number of hydrogen-bond acceptors (Lipinski definition) is 9.